The molecule has 1 rings (SSSR count). The maximum Gasteiger partial charge on any atom is 0.0898 e. The lowest BCUT2D eigenvalue weighted by molar-refractivity contribution is 0.799. The van der Waals surface area contributed by atoms with Crippen molar-refractivity contribution in [2.24, 2.45) is 5.73 Å². The Bertz CT molecular complexity index is 222. The fraction of sp³-hybridized carbons (Fsp3) is 0.571. The van der Waals surface area contributed by atoms with Crippen LogP contribution in [0, 0.1) is 6.92 Å². The smallest absolute Gasteiger partial charge is 0.0898 e. The van der Waals surface area contributed by atoms with Crippen LogP contribution in [0.2, 0.25) is 0 Å². The molecule has 0 bridgehead atoms. The number of thiazole rings is 1. The third kappa shape index (κ3) is 2.47. The molecule has 0 amide bonds. The standard InChI is InChI=1S/C7H12N2S2/c1-5-9-7(4-11-5)6(8)3-10-2/h4,6H,3,8H2,1-2H3. The van der Waals surface area contributed by atoms with Gasteiger partial charge in [-0.25, -0.2) is 4.98 Å². The van der Waals surface area contributed by atoms with Crippen molar-refractivity contribution in [3.63, 3.8) is 0 Å². The first-order valence-electron chi connectivity index (χ1n) is 3.40. The van der Waals surface area contributed by atoms with Gasteiger partial charge in [-0.15, -0.1) is 11.3 Å². The summed E-state index contributed by atoms with van der Waals surface area (Å²) in [4.78, 5) is 4.31. The highest BCUT2D eigenvalue weighted by molar-refractivity contribution is 7.98. The van der Waals surface area contributed by atoms with Crippen molar-refractivity contribution in [3.05, 3.63) is 16.1 Å². The van der Waals surface area contributed by atoms with Crippen molar-refractivity contribution in [3.8, 4) is 0 Å². The SMILES string of the molecule is CSCC(N)c1csc(C)n1. The van der Waals surface area contributed by atoms with Crippen LogP contribution in [0.1, 0.15) is 16.7 Å². The first kappa shape index (κ1) is 9.03. The molecular formula is C7H12N2S2. The maximum absolute atomic E-state index is 5.84. The summed E-state index contributed by atoms with van der Waals surface area (Å²) in [6.07, 6.45) is 2.05. The van der Waals surface area contributed by atoms with E-state index in [1.807, 2.05) is 12.3 Å². The molecule has 0 fully saturated rings. The number of nitrogens with two attached hydrogens (primary N) is 1. The second-order valence-corrected chi connectivity index (χ2v) is 4.33. The Morgan fingerprint density at radius 2 is 2.55 bits per heavy atom. The molecule has 1 heterocycles. The Kier molecular flexibility index (Phi) is 3.36. The number of hydrogen-bond acceptors (Lipinski definition) is 4. The average molecular weight is 188 g/mol. The molecule has 0 saturated carbocycles. The van der Waals surface area contributed by atoms with Gasteiger partial charge in [0.05, 0.1) is 16.7 Å². The van der Waals surface area contributed by atoms with E-state index in [1.54, 1.807) is 23.1 Å². The van der Waals surface area contributed by atoms with Gasteiger partial charge in [-0.1, -0.05) is 0 Å². The molecule has 0 aromatic carbocycles. The van der Waals surface area contributed by atoms with Gasteiger partial charge in [0.2, 0.25) is 0 Å². The lowest BCUT2D eigenvalue weighted by Gasteiger charge is -2.04. The minimum atomic E-state index is 0.106. The lowest BCUT2D eigenvalue weighted by atomic mass is 10.3. The van der Waals surface area contributed by atoms with E-state index in [-0.39, 0.29) is 6.04 Å². The summed E-state index contributed by atoms with van der Waals surface area (Å²) >= 11 is 3.41. The fourth-order valence-electron chi connectivity index (χ4n) is 0.815. The molecule has 1 aromatic heterocycles. The fourth-order valence-corrected chi connectivity index (χ4v) is 2.02. The zero-order valence-corrected chi connectivity index (χ0v) is 8.34. The number of hydrogen-bond donors (Lipinski definition) is 1. The summed E-state index contributed by atoms with van der Waals surface area (Å²) in [6, 6.07) is 0.106. The van der Waals surface area contributed by atoms with Gasteiger partial charge in [-0.3, -0.25) is 0 Å². The summed E-state index contributed by atoms with van der Waals surface area (Å²) in [5.74, 6) is 0.948. The Hall–Kier alpha value is -0.0600. The van der Waals surface area contributed by atoms with Gasteiger partial charge in [0.1, 0.15) is 0 Å². The van der Waals surface area contributed by atoms with Gasteiger partial charge < -0.3 is 5.73 Å². The highest BCUT2D eigenvalue weighted by atomic mass is 32.2. The largest absolute Gasteiger partial charge is 0.322 e. The summed E-state index contributed by atoms with van der Waals surface area (Å²) < 4.78 is 0. The van der Waals surface area contributed by atoms with Crippen molar-refractivity contribution in [1.82, 2.24) is 4.98 Å². The molecule has 1 unspecified atom stereocenters. The van der Waals surface area contributed by atoms with E-state index in [4.69, 9.17) is 5.73 Å². The summed E-state index contributed by atoms with van der Waals surface area (Å²) in [7, 11) is 0. The molecule has 0 spiro atoms. The van der Waals surface area contributed by atoms with Crippen molar-refractivity contribution in [1.29, 1.82) is 0 Å². The predicted octanol–water partition coefficient (Wildman–Crippen LogP) is 1.81. The molecule has 0 radical (unpaired) electrons. The van der Waals surface area contributed by atoms with E-state index in [9.17, 15) is 0 Å². The highest BCUT2D eigenvalue weighted by Crippen LogP contribution is 2.16. The van der Waals surface area contributed by atoms with Gasteiger partial charge >= 0.3 is 0 Å². The van der Waals surface area contributed by atoms with E-state index in [0.717, 1.165) is 16.5 Å². The molecule has 4 heteroatoms. The Balaban J connectivity index is 2.60. The van der Waals surface area contributed by atoms with Crippen LogP contribution < -0.4 is 5.73 Å². The van der Waals surface area contributed by atoms with Gasteiger partial charge in [0.15, 0.2) is 0 Å². The Labute approximate surface area is 75.2 Å². The van der Waals surface area contributed by atoms with Crippen LogP contribution in [0.15, 0.2) is 5.38 Å². The maximum atomic E-state index is 5.84. The van der Waals surface area contributed by atoms with Gasteiger partial charge in [0.25, 0.3) is 0 Å². The predicted molar refractivity (Wildman–Crippen MR) is 52.2 cm³/mol. The van der Waals surface area contributed by atoms with E-state index in [0.29, 0.717) is 0 Å². The number of aromatic nitrogens is 1. The highest BCUT2D eigenvalue weighted by Gasteiger charge is 2.07. The average Bonchev–Trinajstić information content (AvgIpc) is 2.36. The zero-order chi connectivity index (χ0) is 8.27. The Morgan fingerprint density at radius 3 is 3.00 bits per heavy atom. The minimum absolute atomic E-state index is 0.106. The number of nitrogens with zero attached hydrogens (tertiary/aromatic N) is 1. The monoisotopic (exact) mass is 188 g/mol. The van der Waals surface area contributed by atoms with Crippen LogP contribution in [0.5, 0.6) is 0 Å². The first-order chi connectivity index (χ1) is 5.24. The van der Waals surface area contributed by atoms with Crippen LogP contribution in [0.25, 0.3) is 0 Å². The van der Waals surface area contributed by atoms with Crippen LogP contribution >= 0.6 is 23.1 Å². The minimum Gasteiger partial charge on any atom is -0.322 e. The van der Waals surface area contributed by atoms with Crippen LogP contribution in [-0.2, 0) is 0 Å². The van der Waals surface area contributed by atoms with Crippen molar-refractivity contribution < 1.29 is 0 Å². The molecule has 0 aliphatic heterocycles. The van der Waals surface area contributed by atoms with Crippen LogP contribution in [0.4, 0.5) is 0 Å². The number of rotatable bonds is 3. The quantitative estimate of drug-likeness (QED) is 0.786. The molecule has 2 N–H and O–H groups in total. The van der Waals surface area contributed by atoms with Gasteiger partial charge in [-0.2, -0.15) is 11.8 Å². The molecule has 62 valence electrons. The third-order valence-electron chi connectivity index (χ3n) is 1.36. The first-order valence-corrected chi connectivity index (χ1v) is 5.68. The normalized spacial score (nSPS) is 13.4. The molecular weight excluding hydrogens is 176 g/mol. The molecule has 0 aliphatic rings. The van der Waals surface area contributed by atoms with Crippen LogP contribution in [-0.4, -0.2) is 17.0 Å². The molecule has 2 nitrogen and oxygen atoms in total. The van der Waals surface area contributed by atoms with Crippen molar-refractivity contribution in [2.75, 3.05) is 12.0 Å². The topological polar surface area (TPSA) is 38.9 Å². The summed E-state index contributed by atoms with van der Waals surface area (Å²) in [5, 5.41) is 3.13. The summed E-state index contributed by atoms with van der Waals surface area (Å²) in [5.41, 5.74) is 6.87. The van der Waals surface area contributed by atoms with Gasteiger partial charge in [0, 0.05) is 11.1 Å². The molecule has 1 aromatic rings. The molecule has 1 atom stereocenters. The van der Waals surface area contributed by atoms with Crippen LogP contribution in [0.3, 0.4) is 0 Å². The van der Waals surface area contributed by atoms with E-state index >= 15 is 0 Å². The molecule has 11 heavy (non-hydrogen) atoms. The summed E-state index contributed by atoms with van der Waals surface area (Å²) in [6.45, 7) is 2.00. The number of thioether (sulfide) groups is 1. The van der Waals surface area contributed by atoms with Gasteiger partial charge in [-0.05, 0) is 13.2 Å². The number of aryl methyl sites for hydroxylation is 1. The third-order valence-corrected chi connectivity index (χ3v) is 2.85. The molecule has 0 saturated heterocycles. The second-order valence-electron chi connectivity index (χ2n) is 2.35. The second kappa shape index (κ2) is 4.09. The lowest BCUT2D eigenvalue weighted by Crippen LogP contribution is -2.12. The zero-order valence-electron chi connectivity index (χ0n) is 6.70. The van der Waals surface area contributed by atoms with E-state index < -0.39 is 0 Å². The van der Waals surface area contributed by atoms with E-state index in [1.165, 1.54) is 0 Å². The van der Waals surface area contributed by atoms with Crippen molar-refractivity contribution in [2.45, 2.75) is 13.0 Å². The van der Waals surface area contributed by atoms with E-state index in [2.05, 4.69) is 11.2 Å². The van der Waals surface area contributed by atoms with Crippen molar-refractivity contribution >= 4 is 23.1 Å². The molecule has 0 aliphatic carbocycles. The Morgan fingerprint density at radius 1 is 1.82 bits per heavy atom.